The van der Waals surface area contributed by atoms with Gasteiger partial charge in [-0.2, -0.15) is 0 Å². The van der Waals surface area contributed by atoms with Crippen molar-refractivity contribution in [2.45, 2.75) is 20.1 Å². The van der Waals surface area contributed by atoms with Crippen molar-refractivity contribution in [2.75, 3.05) is 0 Å². The van der Waals surface area contributed by atoms with E-state index < -0.39 is 18.0 Å². The third-order valence-corrected chi connectivity index (χ3v) is 2.59. The van der Waals surface area contributed by atoms with Crippen molar-refractivity contribution >= 4 is 11.8 Å². The van der Waals surface area contributed by atoms with Crippen molar-refractivity contribution in [3.63, 3.8) is 0 Å². The van der Waals surface area contributed by atoms with Gasteiger partial charge in [0, 0.05) is 5.92 Å². The highest BCUT2D eigenvalue weighted by Crippen LogP contribution is 2.26. The van der Waals surface area contributed by atoms with Gasteiger partial charge in [-0.05, 0) is 12.1 Å². The van der Waals surface area contributed by atoms with Gasteiger partial charge in [0.2, 0.25) is 0 Å². The summed E-state index contributed by atoms with van der Waals surface area (Å²) in [6.07, 6.45) is -1.15. The van der Waals surface area contributed by atoms with Crippen LogP contribution in [0.25, 0.3) is 0 Å². The molecule has 0 aromatic heterocycles. The van der Waals surface area contributed by atoms with Crippen LogP contribution in [0, 0.1) is 5.92 Å². The predicted molar refractivity (Wildman–Crippen MR) is 57.5 cm³/mol. The quantitative estimate of drug-likeness (QED) is 0.759. The number of carbonyl (C=O) groups is 2. The Morgan fingerprint density at radius 2 is 1.56 bits per heavy atom. The number of carbonyl (C=O) groups excluding carboxylic acids is 2. The minimum atomic E-state index is -1.15. The van der Waals surface area contributed by atoms with Gasteiger partial charge in [0.1, 0.15) is 6.23 Å². The molecule has 1 radical (unpaired) electrons. The average molecular weight is 218 g/mol. The fourth-order valence-electron chi connectivity index (χ4n) is 1.69. The maximum absolute atomic E-state index is 11.9. The molecule has 2 rings (SSSR count). The molecule has 0 fully saturated rings. The molecule has 4 nitrogen and oxygen atoms in total. The van der Waals surface area contributed by atoms with Crippen LogP contribution in [0.2, 0.25) is 0 Å². The van der Waals surface area contributed by atoms with Crippen LogP contribution in [-0.4, -0.2) is 28.0 Å². The number of aliphatic hydroxyl groups is 1. The average Bonchev–Trinajstić information content (AvgIpc) is 2.52. The third kappa shape index (κ3) is 1.42. The highest BCUT2D eigenvalue weighted by molar-refractivity contribution is 6.21. The molecule has 0 spiro atoms. The summed E-state index contributed by atoms with van der Waals surface area (Å²) < 4.78 is 0. The Kier molecular flexibility index (Phi) is 2.52. The van der Waals surface area contributed by atoms with Gasteiger partial charge in [-0.25, -0.2) is 4.90 Å². The molecule has 1 unspecified atom stereocenters. The molecule has 1 aromatic carbocycles. The lowest BCUT2D eigenvalue weighted by Gasteiger charge is -2.23. The van der Waals surface area contributed by atoms with Gasteiger partial charge in [0.15, 0.2) is 0 Å². The van der Waals surface area contributed by atoms with E-state index in [4.69, 9.17) is 0 Å². The SMILES string of the molecule is C[C](C)C(O)N1C(=O)c2ccccc2C1=O. The largest absolute Gasteiger partial charge is 0.372 e. The van der Waals surface area contributed by atoms with Gasteiger partial charge < -0.3 is 5.11 Å². The number of fused-ring (bicyclic) bond motifs is 1. The molecule has 0 saturated heterocycles. The van der Waals surface area contributed by atoms with Crippen LogP contribution >= 0.6 is 0 Å². The zero-order valence-corrected chi connectivity index (χ0v) is 9.10. The van der Waals surface area contributed by atoms with Gasteiger partial charge in [0.05, 0.1) is 11.1 Å². The van der Waals surface area contributed by atoms with Crippen LogP contribution in [0.4, 0.5) is 0 Å². The highest BCUT2D eigenvalue weighted by Gasteiger charge is 2.40. The number of imide groups is 1. The molecular formula is C12H12NO3. The minimum Gasteiger partial charge on any atom is -0.372 e. The number of benzene rings is 1. The molecule has 1 atom stereocenters. The molecule has 16 heavy (non-hydrogen) atoms. The van der Waals surface area contributed by atoms with Crippen molar-refractivity contribution in [1.82, 2.24) is 4.90 Å². The summed E-state index contributed by atoms with van der Waals surface area (Å²) in [6, 6.07) is 6.57. The minimum absolute atomic E-state index is 0.354. The molecule has 1 aliphatic rings. The second-order valence-electron chi connectivity index (χ2n) is 3.98. The fraction of sp³-hybridized carbons (Fsp3) is 0.250. The standard InChI is InChI=1S/C12H12NO3/c1-7(2)10(14)13-11(15)8-5-3-4-6-9(8)12(13)16/h3-6,10,14H,1-2H3. The van der Waals surface area contributed by atoms with E-state index in [0.717, 1.165) is 4.90 Å². The van der Waals surface area contributed by atoms with Gasteiger partial charge in [-0.1, -0.05) is 26.0 Å². The Morgan fingerprint density at radius 3 is 1.94 bits per heavy atom. The smallest absolute Gasteiger partial charge is 0.263 e. The second kappa shape index (κ2) is 3.72. The van der Waals surface area contributed by atoms with Crippen LogP contribution in [-0.2, 0) is 0 Å². The van der Waals surface area contributed by atoms with E-state index in [1.165, 1.54) is 0 Å². The van der Waals surface area contributed by atoms with Crippen LogP contribution in [0.5, 0.6) is 0 Å². The first-order valence-corrected chi connectivity index (χ1v) is 4.99. The lowest BCUT2D eigenvalue weighted by molar-refractivity contribution is 0.0200. The van der Waals surface area contributed by atoms with E-state index >= 15 is 0 Å². The van der Waals surface area contributed by atoms with Gasteiger partial charge in [-0.15, -0.1) is 0 Å². The summed E-state index contributed by atoms with van der Waals surface area (Å²) in [4.78, 5) is 24.7. The van der Waals surface area contributed by atoms with E-state index in [9.17, 15) is 14.7 Å². The molecule has 0 aliphatic carbocycles. The monoisotopic (exact) mass is 218 g/mol. The van der Waals surface area contributed by atoms with Gasteiger partial charge >= 0.3 is 0 Å². The number of nitrogens with zero attached hydrogens (tertiary/aromatic N) is 1. The number of amides is 2. The van der Waals surface area contributed by atoms with Crippen molar-refractivity contribution < 1.29 is 14.7 Å². The molecular weight excluding hydrogens is 206 g/mol. The molecule has 1 aromatic rings. The van der Waals surface area contributed by atoms with Crippen molar-refractivity contribution in [3.05, 3.63) is 41.3 Å². The molecule has 1 aliphatic heterocycles. The topological polar surface area (TPSA) is 57.6 Å². The van der Waals surface area contributed by atoms with Gasteiger partial charge in [0.25, 0.3) is 11.8 Å². The zero-order valence-electron chi connectivity index (χ0n) is 9.10. The zero-order chi connectivity index (χ0) is 11.9. The second-order valence-corrected chi connectivity index (χ2v) is 3.98. The van der Waals surface area contributed by atoms with E-state index in [-0.39, 0.29) is 0 Å². The summed E-state index contributed by atoms with van der Waals surface area (Å²) in [5.41, 5.74) is 0.709. The van der Waals surface area contributed by atoms with Crippen molar-refractivity contribution in [3.8, 4) is 0 Å². The first-order valence-electron chi connectivity index (χ1n) is 4.99. The summed E-state index contributed by atoms with van der Waals surface area (Å²) in [6.45, 7) is 3.35. The van der Waals surface area contributed by atoms with Crippen molar-refractivity contribution in [1.29, 1.82) is 0 Å². The Morgan fingerprint density at radius 1 is 1.12 bits per heavy atom. The summed E-state index contributed by atoms with van der Waals surface area (Å²) in [5, 5.41) is 9.79. The van der Waals surface area contributed by atoms with E-state index in [0.29, 0.717) is 17.0 Å². The Labute approximate surface area is 93.5 Å². The number of hydrogen-bond donors (Lipinski definition) is 1. The maximum Gasteiger partial charge on any atom is 0.263 e. The summed E-state index contributed by atoms with van der Waals surface area (Å²) >= 11 is 0. The first-order chi connectivity index (χ1) is 7.54. The lowest BCUT2D eigenvalue weighted by Crippen LogP contribution is -2.42. The number of rotatable bonds is 2. The number of hydrogen-bond acceptors (Lipinski definition) is 3. The summed E-state index contributed by atoms with van der Waals surface area (Å²) in [5.74, 6) is -0.266. The lowest BCUT2D eigenvalue weighted by atomic mass is 10.1. The molecule has 0 bridgehead atoms. The van der Waals surface area contributed by atoms with Gasteiger partial charge in [-0.3, -0.25) is 9.59 Å². The molecule has 4 heteroatoms. The Hall–Kier alpha value is -1.68. The molecule has 0 saturated carbocycles. The summed E-state index contributed by atoms with van der Waals surface area (Å²) in [7, 11) is 0. The normalized spacial score (nSPS) is 16.9. The van der Waals surface area contributed by atoms with E-state index in [2.05, 4.69) is 0 Å². The van der Waals surface area contributed by atoms with Crippen molar-refractivity contribution in [2.24, 2.45) is 0 Å². The molecule has 2 amide bonds. The first kappa shape index (κ1) is 10.8. The van der Waals surface area contributed by atoms with Crippen LogP contribution in [0.1, 0.15) is 34.6 Å². The maximum atomic E-state index is 11.9. The fourth-order valence-corrected chi connectivity index (χ4v) is 1.69. The molecule has 1 N–H and O–H groups in total. The predicted octanol–water partition coefficient (Wildman–Crippen LogP) is 1.22. The highest BCUT2D eigenvalue weighted by atomic mass is 16.3. The Bertz CT molecular complexity index is 418. The van der Waals surface area contributed by atoms with E-state index in [1.54, 1.807) is 38.1 Å². The van der Waals surface area contributed by atoms with Crippen LogP contribution in [0.15, 0.2) is 24.3 Å². The van der Waals surface area contributed by atoms with Crippen LogP contribution in [0.3, 0.4) is 0 Å². The molecule has 83 valence electrons. The third-order valence-electron chi connectivity index (χ3n) is 2.59. The van der Waals surface area contributed by atoms with Crippen LogP contribution < -0.4 is 0 Å². The molecule has 1 heterocycles. The van der Waals surface area contributed by atoms with E-state index in [1.807, 2.05) is 0 Å². The Balaban J connectivity index is 2.43. The number of aliphatic hydroxyl groups excluding tert-OH is 1.